The molecule has 0 spiro atoms. The molecule has 1 saturated heterocycles. The van der Waals surface area contributed by atoms with Gasteiger partial charge >= 0.3 is 7.12 Å². The molecule has 2 aliphatic rings. The van der Waals surface area contributed by atoms with Crippen molar-refractivity contribution in [1.82, 2.24) is 4.98 Å². The largest absolute Gasteiger partial charge is 0.514 e. The molecule has 1 aromatic carbocycles. The molecule has 0 amide bonds. The van der Waals surface area contributed by atoms with Gasteiger partial charge in [0, 0.05) is 11.1 Å². The molecular weight excluding hydrogens is 309 g/mol. The minimum Gasteiger partial charge on any atom is -0.398 e. The first-order chi connectivity index (χ1) is 11.7. The quantitative estimate of drug-likeness (QED) is 0.788. The van der Waals surface area contributed by atoms with Crippen LogP contribution < -0.4 is 5.59 Å². The highest BCUT2D eigenvalue weighted by Crippen LogP contribution is 2.39. The summed E-state index contributed by atoms with van der Waals surface area (Å²) in [4.78, 5) is 4.97. The van der Waals surface area contributed by atoms with Gasteiger partial charge in [0.1, 0.15) is 0 Å². The van der Waals surface area contributed by atoms with E-state index < -0.39 is 7.12 Å². The van der Waals surface area contributed by atoms with Crippen LogP contribution in [0.3, 0.4) is 0 Å². The summed E-state index contributed by atoms with van der Waals surface area (Å²) in [6, 6.07) is 14.9. The maximum Gasteiger partial charge on any atom is 0.514 e. The summed E-state index contributed by atoms with van der Waals surface area (Å²) in [6.07, 6.45) is 2.06. The summed E-state index contributed by atoms with van der Waals surface area (Å²) in [6.45, 7) is 10.6. The van der Waals surface area contributed by atoms with Gasteiger partial charge in [-0.3, -0.25) is 4.98 Å². The molecule has 4 heteroatoms. The van der Waals surface area contributed by atoms with Crippen molar-refractivity contribution in [3.05, 3.63) is 59.3 Å². The summed E-state index contributed by atoms with van der Waals surface area (Å²) in [5, 5.41) is 0. The molecule has 0 atom stereocenters. The Labute approximate surface area is 150 Å². The summed E-state index contributed by atoms with van der Waals surface area (Å²) in [5.74, 6) is 0. The zero-order valence-electron chi connectivity index (χ0n) is 15.8. The van der Waals surface area contributed by atoms with Crippen molar-refractivity contribution in [3.8, 4) is 0 Å². The number of pyridine rings is 1. The summed E-state index contributed by atoms with van der Waals surface area (Å²) >= 11 is 0. The predicted molar refractivity (Wildman–Crippen MR) is 101 cm³/mol. The first kappa shape index (κ1) is 16.8. The predicted octanol–water partition coefficient (Wildman–Crippen LogP) is 3.44. The van der Waals surface area contributed by atoms with Gasteiger partial charge in [-0.2, -0.15) is 0 Å². The van der Waals surface area contributed by atoms with Crippen LogP contribution in [0, 0.1) is 0 Å². The SMILES string of the molecule is CC1(c2cccc(B3OC(C)(C)C(C)(C)O3)n2)Cc2ccccc2C1. The van der Waals surface area contributed by atoms with Crippen molar-refractivity contribution in [2.45, 2.75) is 64.1 Å². The Morgan fingerprint density at radius 2 is 1.36 bits per heavy atom. The molecule has 4 rings (SSSR count). The van der Waals surface area contributed by atoms with Crippen molar-refractivity contribution in [1.29, 1.82) is 0 Å². The highest BCUT2D eigenvalue weighted by molar-refractivity contribution is 6.61. The maximum absolute atomic E-state index is 6.18. The van der Waals surface area contributed by atoms with Crippen LogP contribution in [-0.2, 0) is 27.6 Å². The normalized spacial score (nSPS) is 22.8. The van der Waals surface area contributed by atoms with E-state index in [1.807, 2.05) is 6.07 Å². The van der Waals surface area contributed by atoms with Gasteiger partial charge in [0.15, 0.2) is 0 Å². The van der Waals surface area contributed by atoms with Crippen LogP contribution in [0.25, 0.3) is 0 Å². The Morgan fingerprint density at radius 3 is 1.92 bits per heavy atom. The second-order valence-electron chi connectivity index (χ2n) is 8.72. The molecule has 25 heavy (non-hydrogen) atoms. The number of nitrogens with zero attached hydrogens (tertiary/aromatic N) is 1. The lowest BCUT2D eigenvalue weighted by Gasteiger charge is -2.32. The number of aromatic nitrogens is 1. The standard InChI is InChI=1S/C21H26BNO2/c1-19(2)20(3,4)25-22(24-19)18-12-8-11-17(23-18)21(5)13-15-9-6-7-10-16(15)14-21/h6-12H,13-14H2,1-5H3. The molecule has 0 radical (unpaired) electrons. The van der Waals surface area contributed by atoms with E-state index in [-0.39, 0.29) is 16.6 Å². The number of fused-ring (bicyclic) bond motifs is 1. The Morgan fingerprint density at radius 1 is 0.800 bits per heavy atom. The van der Waals surface area contributed by atoms with Crippen LogP contribution >= 0.6 is 0 Å². The monoisotopic (exact) mass is 335 g/mol. The fourth-order valence-corrected chi connectivity index (χ4v) is 3.87. The van der Waals surface area contributed by atoms with E-state index in [9.17, 15) is 0 Å². The molecule has 3 nitrogen and oxygen atoms in total. The third kappa shape index (κ3) is 2.72. The van der Waals surface area contributed by atoms with Gasteiger partial charge in [0.2, 0.25) is 0 Å². The first-order valence-electron chi connectivity index (χ1n) is 9.10. The average molecular weight is 335 g/mol. The van der Waals surface area contributed by atoms with Gasteiger partial charge in [0.25, 0.3) is 0 Å². The van der Waals surface area contributed by atoms with Gasteiger partial charge < -0.3 is 9.31 Å². The summed E-state index contributed by atoms with van der Waals surface area (Å²) in [5.41, 5.74) is 4.21. The van der Waals surface area contributed by atoms with Crippen LogP contribution in [0.2, 0.25) is 0 Å². The maximum atomic E-state index is 6.18. The lowest BCUT2D eigenvalue weighted by Crippen LogP contribution is -2.41. The van der Waals surface area contributed by atoms with Crippen molar-refractivity contribution >= 4 is 12.7 Å². The molecule has 1 aliphatic heterocycles. The van der Waals surface area contributed by atoms with Crippen LogP contribution in [0.1, 0.15) is 51.4 Å². The number of rotatable bonds is 2. The molecule has 0 unspecified atom stereocenters. The van der Waals surface area contributed by atoms with E-state index in [4.69, 9.17) is 14.3 Å². The van der Waals surface area contributed by atoms with Gasteiger partial charge in [-0.05, 0) is 63.8 Å². The molecule has 0 N–H and O–H groups in total. The minimum absolute atomic E-state index is 0.0311. The fourth-order valence-electron chi connectivity index (χ4n) is 3.87. The fraction of sp³-hybridized carbons (Fsp3) is 0.476. The van der Waals surface area contributed by atoms with Gasteiger partial charge in [-0.1, -0.05) is 37.3 Å². The van der Waals surface area contributed by atoms with Crippen LogP contribution in [0.4, 0.5) is 0 Å². The third-order valence-electron chi connectivity index (χ3n) is 6.16. The highest BCUT2D eigenvalue weighted by atomic mass is 16.7. The molecule has 2 heterocycles. The lowest BCUT2D eigenvalue weighted by atomic mass is 9.80. The topological polar surface area (TPSA) is 31.4 Å². The van der Waals surface area contributed by atoms with Crippen LogP contribution in [-0.4, -0.2) is 23.3 Å². The summed E-state index contributed by atoms with van der Waals surface area (Å²) in [7, 11) is -0.405. The van der Waals surface area contributed by atoms with Crippen molar-refractivity contribution < 1.29 is 9.31 Å². The van der Waals surface area contributed by atoms with E-state index in [0.29, 0.717) is 0 Å². The van der Waals surface area contributed by atoms with E-state index in [1.54, 1.807) is 0 Å². The Balaban J connectivity index is 1.64. The van der Waals surface area contributed by atoms with E-state index >= 15 is 0 Å². The number of hydrogen-bond acceptors (Lipinski definition) is 3. The molecule has 2 aromatic rings. The zero-order chi connectivity index (χ0) is 17.9. The van der Waals surface area contributed by atoms with E-state index in [0.717, 1.165) is 24.1 Å². The molecule has 1 aromatic heterocycles. The van der Waals surface area contributed by atoms with Gasteiger partial charge in [0.05, 0.1) is 16.8 Å². The third-order valence-corrected chi connectivity index (χ3v) is 6.16. The van der Waals surface area contributed by atoms with Crippen molar-refractivity contribution in [2.75, 3.05) is 0 Å². The second-order valence-corrected chi connectivity index (χ2v) is 8.72. The Hall–Kier alpha value is -1.65. The summed E-state index contributed by atoms with van der Waals surface area (Å²) < 4.78 is 12.4. The van der Waals surface area contributed by atoms with E-state index in [1.165, 1.54) is 11.1 Å². The molecule has 1 fully saturated rings. The van der Waals surface area contributed by atoms with Crippen molar-refractivity contribution in [2.24, 2.45) is 0 Å². The zero-order valence-corrected chi connectivity index (χ0v) is 15.8. The van der Waals surface area contributed by atoms with E-state index in [2.05, 4.69) is 71.0 Å². The second kappa shape index (κ2) is 5.42. The Kier molecular flexibility index (Phi) is 3.65. The Bertz CT molecular complexity index is 774. The highest BCUT2D eigenvalue weighted by Gasteiger charge is 2.52. The molecular formula is C21H26BNO2. The molecule has 0 bridgehead atoms. The van der Waals surface area contributed by atoms with Crippen molar-refractivity contribution in [3.63, 3.8) is 0 Å². The number of benzene rings is 1. The van der Waals surface area contributed by atoms with Gasteiger partial charge in [-0.25, -0.2) is 0 Å². The van der Waals surface area contributed by atoms with Crippen LogP contribution in [0.15, 0.2) is 42.5 Å². The average Bonchev–Trinajstić information content (AvgIpc) is 3.01. The first-order valence-corrected chi connectivity index (χ1v) is 9.10. The molecule has 130 valence electrons. The van der Waals surface area contributed by atoms with Crippen LogP contribution in [0.5, 0.6) is 0 Å². The molecule has 0 saturated carbocycles. The number of hydrogen-bond donors (Lipinski definition) is 0. The lowest BCUT2D eigenvalue weighted by molar-refractivity contribution is 0.00578. The van der Waals surface area contributed by atoms with Gasteiger partial charge in [-0.15, -0.1) is 0 Å². The molecule has 1 aliphatic carbocycles. The smallest absolute Gasteiger partial charge is 0.398 e. The minimum atomic E-state index is -0.405.